The Labute approximate surface area is 86.8 Å². The molecule has 2 aliphatic rings. The maximum absolute atomic E-state index is 4.20. The summed E-state index contributed by atoms with van der Waals surface area (Å²) in [6.07, 6.45) is 12.0. The number of fused-ring (bicyclic) bond motifs is 3. The SMILES string of the molecule is C1=CC=c2c(ccc3c2=NNN=C3)C=C1. The molecule has 1 aromatic carbocycles. The summed E-state index contributed by atoms with van der Waals surface area (Å²) >= 11 is 0. The molecule has 3 nitrogen and oxygen atoms in total. The highest BCUT2D eigenvalue weighted by molar-refractivity contribution is 5.80. The first-order valence-electron chi connectivity index (χ1n) is 4.79. The molecule has 1 aliphatic heterocycles. The van der Waals surface area contributed by atoms with E-state index < -0.39 is 0 Å². The normalized spacial score (nSPS) is 15.5. The minimum Gasteiger partial charge on any atom is -0.197 e. The molecule has 0 bridgehead atoms. The van der Waals surface area contributed by atoms with Gasteiger partial charge in [-0.3, -0.25) is 0 Å². The van der Waals surface area contributed by atoms with Gasteiger partial charge in [-0.2, -0.15) is 15.7 Å². The van der Waals surface area contributed by atoms with E-state index in [0.29, 0.717) is 0 Å². The third-order valence-electron chi connectivity index (χ3n) is 2.47. The van der Waals surface area contributed by atoms with Crippen molar-refractivity contribution in [1.82, 2.24) is 5.53 Å². The molecule has 0 unspecified atom stereocenters. The summed E-state index contributed by atoms with van der Waals surface area (Å²) < 4.78 is 0. The number of benzene rings is 1. The van der Waals surface area contributed by atoms with Crippen LogP contribution in [0.3, 0.4) is 0 Å². The molecule has 0 atom stereocenters. The largest absolute Gasteiger partial charge is 0.197 e. The van der Waals surface area contributed by atoms with Crippen LogP contribution in [0.25, 0.3) is 12.2 Å². The van der Waals surface area contributed by atoms with Crippen molar-refractivity contribution in [3.05, 3.63) is 52.1 Å². The van der Waals surface area contributed by atoms with Gasteiger partial charge in [-0.15, -0.1) is 0 Å². The van der Waals surface area contributed by atoms with Crippen LogP contribution in [0, 0.1) is 0 Å². The minimum atomic E-state index is 0.957. The highest BCUT2D eigenvalue weighted by Gasteiger charge is 2.03. The summed E-state index contributed by atoms with van der Waals surface area (Å²) in [5.41, 5.74) is 4.87. The first-order chi connectivity index (χ1) is 7.45. The molecule has 0 saturated carbocycles. The Bertz CT molecular complexity index is 606. The molecule has 1 aliphatic carbocycles. The zero-order valence-corrected chi connectivity index (χ0v) is 8.01. The van der Waals surface area contributed by atoms with Crippen LogP contribution in [0.1, 0.15) is 11.1 Å². The monoisotopic (exact) mass is 195 g/mol. The smallest absolute Gasteiger partial charge is 0.102 e. The number of hydrogen-bond acceptors (Lipinski definition) is 3. The Hall–Kier alpha value is -2.16. The van der Waals surface area contributed by atoms with Crippen LogP contribution < -0.4 is 16.1 Å². The Morgan fingerprint density at radius 3 is 2.93 bits per heavy atom. The number of allylic oxidation sites excluding steroid dienone is 3. The fraction of sp³-hybridized carbons (Fsp3) is 0. The summed E-state index contributed by atoms with van der Waals surface area (Å²) in [4.78, 5) is 0. The maximum Gasteiger partial charge on any atom is 0.102 e. The predicted octanol–water partition coefficient (Wildman–Crippen LogP) is 0.522. The molecule has 0 radical (unpaired) electrons. The van der Waals surface area contributed by atoms with E-state index in [1.807, 2.05) is 24.3 Å². The summed E-state index contributed by atoms with van der Waals surface area (Å²) in [7, 11) is 0. The van der Waals surface area contributed by atoms with Gasteiger partial charge in [-0.05, 0) is 5.56 Å². The molecule has 3 rings (SSSR count). The maximum atomic E-state index is 4.20. The van der Waals surface area contributed by atoms with Crippen LogP contribution in [0.2, 0.25) is 0 Å². The minimum absolute atomic E-state index is 0.957. The van der Waals surface area contributed by atoms with Gasteiger partial charge in [0.15, 0.2) is 0 Å². The number of nitrogens with one attached hydrogen (secondary N) is 1. The molecule has 0 saturated heterocycles. The number of hydrogen-bond donors (Lipinski definition) is 1. The fourth-order valence-electron chi connectivity index (χ4n) is 1.74. The van der Waals surface area contributed by atoms with Gasteiger partial charge in [0.05, 0.1) is 6.21 Å². The molecule has 0 amide bonds. The van der Waals surface area contributed by atoms with Crippen molar-refractivity contribution in [3.63, 3.8) is 0 Å². The van der Waals surface area contributed by atoms with Crippen LogP contribution in [0.5, 0.6) is 0 Å². The van der Waals surface area contributed by atoms with Gasteiger partial charge in [0.1, 0.15) is 5.36 Å². The average Bonchev–Trinajstić information content (AvgIpc) is 2.54. The number of hydrazone groups is 1. The van der Waals surface area contributed by atoms with Crippen molar-refractivity contribution in [3.8, 4) is 0 Å². The van der Waals surface area contributed by atoms with Crippen LogP contribution >= 0.6 is 0 Å². The number of rotatable bonds is 0. The average molecular weight is 195 g/mol. The predicted molar refractivity (Wildman–Crippen MR) is 60.6 cm³/mol. The van der Waals surface area contributed by atoms with Crippen molar-refractivity contribution in [1.29, 1.82) is 0 Å². The second-order valence-corrected chi connectivity index (χ2v) is 3.39. The van der Waals surface area contributed by atoms with Gasteiger partial charge in [-0.25, -0.2) is 0 Å². The van der Waals surface area contributed by atoms with Crippen molar-refractivity contribution in [2.75, 3.05) is 0 Å². The zero-order valence-electron chi connectivity index (χ0n) is 8.01. The van der Waals surface area contributed by atoms with Crippen molar-refractivity contribution < 1.29 is 0 Å². The van der Waals surface area contributed by atoms with Gasteiger partial charge in [0, 0.05) is 10.8 Å². The lowest BCUT2D eigenvalue weighted by molar-refractivity contribution is 0.766. The molecular formula is C12H9N3. The second kappa shape index (κ2) is 3.20. The van der Waals surface area contributed by atoms with Crippen molar-refractivity contribution in [2.24, 2.45) is 10.2 Å². The highest BCUT2D eigenvalue weighted by Crippen LogP contribution is 1.99. The summed E-state index contributed by atoms with van der Waals surface area (Å²) in [6, 6.07) is 4.12. The van der Waals surface area contributed by atoms with E-state index in [9.17, 15) is 0 Å². The summed E-state index contributed by atoms with van der Waals surface area (Å²) in [5.74, 6) is 0. The standard InChI is InChI=1S/C12H9N3/c1-2-4-9-6-7-10-8-13-15-14-12(10)11(9)5-3-1/h1-8,15H. The Balaban J connectivity index is 2.46. The highest BCUT2D eigenvalue weighted by atomic mass is 15.5. The Morgan fingerprint density at radius 2 is 1.93 bits per heavy atom. The molecular weight excluding hydrogens is 186 g/mol. The van der Waals surface area contributed by atoms with Crippen LogP contribution in [-0.2, 0) is 0 Å². The van der Waals surface area contributed by atoms with E-state index in [-0.39, 0.29) is 0 Å². The van der Waals surface area contributed by atoms with Crippen molar-refractivity contribution in [2.45, 2.75) is 0 Å². The van der Waals surface area contributed by atoms with Gasteiger partial charge in [-0.1, -0.05) is 42.5 Å². The Kier molecular flexibility index (Phi) is 1.75. The van der Waals surface area contributed by atoms with Gasteiger partial charge in [0.25, 0.3) is 0 Å². The fourth-order valence-corrected chi connectivity index (χ4v) is 1.74. The third-order valence-corrected chi connectivity index (χ3v) is 2.47. The summed E-state index contributed by atoms with van der Waals surface area (Å²) in [5, 5.41) is 10.2. The molecule has 1 aromatic rings. The van der Waals surface area contributed by atoms with E-state index in [1.165, 1.54) is 5.56 Å². The molecule has 0 spiro atoms. The first kappa shape index (κ1) is 8.17. The molecule has 1 N–H and O–H groups in total. The topological polar surface area (TPSA) is 36.8 Å². The zero-order chi connectivity index (χ0) is 10.1. The van der Waals surface area contributed by atoms with Crippen LogP contribution in [0.4, 0.5) is 0 Å². The van der Waals surface area contributed by atoms with Crippen molar-refractivity contribution >= 4 is 18.4 Å². The van der Waals surface area contributed by atoms with Gasteiger partial charge in [0.2, 0.25) is 0 Å². The van der Waals surface area contributed by atoms with E-state index in [4.69, 9.17) is 0 Å². The van der Waals surface area contributed by atoms with Gasteiger partial charge < -0.3 is 0 Å². The van der Waals surface area contributed by atoms with E-state index >= 15 is 0 Å². The molecule has 1 heterocycles. The lowest BCUT2D eigenvalue weighted by atomic mass is 10.1. The number of nitrogens with zero attached hydrogens (tertiary/aromatic N) is 2. The van der Waals surface area contributed by atoms with E-state index in [0.717, 1.165) is 16.1 Å². The van der Waals surface area contributed by atoms with Crippen LogP contribution in [0.15, 0.2) is 40.6 Å². The van der Waals surface area contributed by atoms with E-state index in [1.54, 1.807) is 6.21 Å². The lowest BCUT2D eigenvalue weighted by Gasteiger charge is -2.04. The van der Waals surface area contributed by atoms with Gasteiger partial charge >= 0.3 is 0 Å². The Morgan fingerprint density at radius 1 is 1.00 bits per heavy atom. The molecule has 0 aromatic heterocycles. The summed E-state index contributed by atoms with van der Waals surface area (Å²) in [6.45, 7) is 0. The quantitative estimate of drug-likeness (QED) is 0.644. The third kappa shape index (κ3) is 1.29. The molecule has 72 valence electrons. The van der Waals surface area contributed by atoms with E-state index in [2.05, 4.69) is 34.0 Å². The second-order valence-electron chi connectivity index (χ2n) is 3.39. The molecule has 0 fully saturated rings. The molecule has 3 heteroatoms. The lowest BCUT2D eigenvalue weighted by Crippen LogP contribution is -2.34. The first-order valence-corrected chi connectivity index (χ1v) is 4.79. The van der Waals surface area contributed by atoms with Crippen LogP contribution in [-0.4, -0.2) is 6.21 Å². The molecule has 15 heavy (non-hydrogen) atoms.